The van der Waals surface area contributed by atoms with E-state index in [-0.39, 0.29) is 5.91 Å². The molecule has 0 aliphatic carbocycles. The maximum atomic E-state index is 11.9. The van der Waals surface area contributed by atoms with E-state index in [0.29, 0.717) is 18.2 Å². The third-order valence-electron chi connectivity index (χ3n) is 3.29. The van der Waals surface area contributed by atoms with Crippen molar-refractivity contribution in [3.05, 3.63) is 34.3 Å². The number of ether oxygens (including phenoxy) is 1. The Morgan fingerprint density at radius 2 is 2.00 bits per heavy atom. The van der Waals surface area contributed by atoms with Crippen LogP contribution in [0.1, 0.15) is 36.9 Å². The third-order valence-corrected chi connectivity index (χ3v) is 4.18. The first-order chi connectivity index (χ1) is 10.8. The van der Waals surface area contributed by atoms with E-state index in [1.807, 2.05) is 40.7 Å². The Hall–Kier alpha value is -1.95. The molecule has 6 heteroatoms. The lowest BCUT2D eigenvalue weighted by molar-refractivity contribution is -0.123. The second kappa shape index (κ2) is 7.08. The molecule has 2 aromatic rings. The van der Waals surface area contributed by atoms with Crippen LogP contribution >= 0.6 is 11.3 Å². The lowest BCUT2D eigenvalue weighted by atomic mass is 9.96. The number of rotatable bonds is 5. The number of nitrogens with zero attached hydrogens (tertiary/aromatic N) is 2. The fourth-order valence-electron chi connectivity index (χ4n) is 1.80. The van der Waals surface area contributed by atoms with Crippen LogP contribution < -0.4 is 10.1 Å². The highest BCUT2D eigenvalue weighted by Crippen LogP contribution is 2.22. The molecule has 0 radical (unpaired) electrons. The number of hydrogen-bond donors (Lipinski definition) is 1. The summed E-state index contributed by atoms with van der Waals surface area (Å²) in [5, 5.41) is 12.3. The van der Waals surface area contributed by atoms with Gasteiger partial charge in [0.15, 0.2) is 0 Å². The fourth-order valence-corrected chi connectivity index (χ4v) is 2.52. The molecule has 1 heterocycles. The van der Waals surface area contributed by atoms with Crippen LogP contribution in [0.25, 0.3) is 0 Å². The van der Waals surface area contributed by atoms with Crippen molar-refractivity contribution in [1.82, 2.24) is 10.2 Å². The molecule has 0 aliphatic rings. The van der Waals surface area contributed by atoms with Gasteiger partial charge in [0, 0.05) is 11.8 Å². The highest BCUT2D eigenvalue weighted by Gasteiger charge is 2.22. The molecule has 0 fully saturated rings. The largest absolute Gasteiger partial charge is 0.493 e. The van der Waals surface area contributed by atoms with E-state index in [1.165, 1.54) is 16.9 Å². The van der Waals surface area contributed by atoms with E-state index >= 15 is 0 Å². The monoisotopic (exact) mass is 333 g/mol. The molecular formula is C17H23N3O2S. The van der Waals surface area contributed by atoms with Gasteiger partial charge in [-0.3, -0.25) is 4.79 Å². The molecule has 0 aliphatic heterocycles. The number of hydrogen-bond acceptors (Lipinski definition) is 5. The van der Waals surface area contributed by atoms with Crippen LogP contribution in [0.15, 0.2) is 18.2 Å². The number of aromatic nitrogens is 2. The summed E-state index contributed by atoms with van der Waals surface area (Å²) in [6.45, 7) is 10.2. The lowest BCUT2D eigenvalue weighted by Gasteiger charge is -2.15. The Balaban J connectivity index is 1.88. The Morgan fingerprint density at radius 1 is 1.26 bits per heavy atom. The Kier molecular flexibility index (Phi) is 5.36. The minimum atomic E-state index is -0.447. The number of anilines is 1. The average Bonchev–Trinajstić information content (AvgIpc) is 2.89. The van der Waals surface area contributed by atoms with E-state index in [9.17, 15) is 4.79 Å². The zero-order valence-electron chi connectivity index (χ0n) is 14.3. The van der Waals surface area contributed by atoms with Crippen molar-refractivity contribution in [2.24, 2.45) is 5.41 Å². The van der Waals surface area contributed by atoms with Gasteiger partial charge in [-0.25, -0.2) is 0 Å². The SMILES string of the molecule is Cc1ccc(C)c(OCCc2nnc(NC(=O)C(C)(C)C)s2)c1. The minimum Gasteiger partial charge on any atom is -0.493 e. The van der Waals surface area contributed by atoms with Crippen LogP contribution in [0.5, 0.6) is 5.75 Å². The predicted octanol–water partition coefficient (Wildman–Crippen LogP) is 3.76. The molecule has 1 aromatic heterocycles. The average molecular weight is 333 g/mol. The molecule has 2 rings (SSSR count). The first-order valence-corrected chi connectivity index (χ1v) is 8.41. The van der Waals surface area contributed by atoms with Crippen LogP contribution in [0.3, 0.4) is 0 Å². The van der Waals surface area contributed by atoms with Crippen molar-refractivity contribution in [1.29, 1.82) is 0 Å². The summed E-state index contributed by atoms with van der Waals surface area (Å²) in [6, 6.07) is 6.15. The number of carbonyl (C=O) groups excluding carboxylic acids is 1. The highest BCUT2D eigenvalue weighted by molar-refractivity contribution is 7.15. The molecule has 0 bridgehead atoms. The zero-order chi connectivity index (χ0) is 17.0. The van der Waals surface area contributed by atoms with Gasteiger partial charge in [-0.1, -0.05) is 44.2 Å². The number of amides is 1. The van der Waals surface area contributed by atoms with Gasteiger partial charge in [-0.05, 0) is 31.0 Å². The van der Waals surface area contributed by atoms with Crippen molar-refractivity contribution in [2.75, 3.05) is 11.9 Å². The van der Waals surface area contributed by atoms with Crippen LogP contribution in [0, 0.1) is 19.3 Å². The maximum Gasteiger partial charge on any atom is 0.231 e. The molecule has 1 aromatic carbocycles. The van der Waals surface area contributed by atoms with Gasteiger partial charge in [0.25, 0.3) is 0 Å². The molecule has 124 valence electrons. The summed E-state index contributed by atoms with van der Waals surface area (Å²) < 4.78 is 5.82. The summed E-state index contributed by atoms with van der Waals surface area (Å²) in [7, 11) is 0. The van der Waals surface area contributed by atoms with Gasteiger partial charge in [-0.2, -0.15) is 0 Å². The molecule has 1 N–H and O–H groups in total. The molecule has 0 saturated heterocycles. The smallest absolute Gasteiger partial charge is 0.231 e. The van der Waals surface area contributed by atoms with E-state index in [2.05, 4.69) is 27.6 Å². The van der Waals surface area contributed by atoms with Gasteiger partial charge in [-0.15, -0.1) is 10.2 Å². The summed E-state index contributed by atoms with van der Waals surface area (Å²) in [5.74, 6) is 0.836. The molecule has 0 atom stereocenters. The molecule has 23 heavy (non-hydrogen) atoms. The normalized spacial score (nSPS) is 11.3. The van der Waals surface area contributed by atoms with E-state index in [4.69, 9.17) is 4.74 Å². The molecule has 0 saturated carbocycles. The Morgan fingerprint density at radius 3 is 2.70 bits per heavy atom. The molecule has 0 spiro atoms. The minimum absolute atomic E-state index is 0.0631. The fraction of sp³-hybridized carbons (Fsp3) is 0.471. The third kappa shape index (κ3) is 5.03. The summed E-state index contributed by atoms with van der Waals surface area (Å²) >= 11 is 1.39. The zero-order valence-corrected chi connectivity index (χ0v) is 15.1. The molecule has 1 amide bonds. The van der Waals surface area contributed by atoms with Crippen LogP contribution in [-0.4, -0.2) is 22.7 Å². The van der Waals surface area contributed by atoms with Crippen molar-refractivity contribution in [2.45, 2.75) is 41.0 Å². The second-order valence-electron chi connectivity index (χ2n) is 6.57. The van der Waals surface area contributed by atoms with Crippen molar-refractivity contribution in [3.8, 4) is 5.75 Å². The van der Waals surface area contributed by atoms with Gasteiger partial charge in [0.1, 0.15) is 10.8 Å². The summed E-state index contributed by atoms with van der Waals surface area (Å²) in [6.07, 6.45) is 0.663. The Labute approximate surface area is 141 Å². The summed E-state index contributed by atoms with van der Waals surface area (Å²) in [5.41, 5.74) is 1.84. The number of benzene rings is 1. The number of carbonyl (C=O) groups is 1. The van der Waals surface area contributed by atoms with E-state index in [1.54, 1.807) is 0 Å². The van der Waals surface area contributed by atoms with E-state index < -0.39 is 5.41 Å². The molecular weight excluding hydrogens is 310 g/mol. The van der Waals surface area contributed by atoms with Crippen LogP contribution in [0.2, 0.25) is 0 Å². The summed E-state index contributed by atoms with van der Waals surface area (Å²) in [4.78, 5) is 11.9. The van der Waals surface area contributed by atoms with Gasteiger partial charge >= 0.3 is 0 Å². The Bertz CT molecular complexity index is 689. The van der Waals surface area contributed by atoms with Crippen molar-refractivity contribution in [3.63, 3.8) is 0 Å². The first kappa shape index (κ1) is 17.4. The number of nitrogens with one attached hydrogen (secondary N) is 1. The topological polar surface area (TPSA) is 64.1 Å². The lowest BCUT2D eigenvalue weighted by Crippen LogP contribution is -2.27. The van der Waals surface area contributed by atoms with Gasteiger partial charge in [0.2, 0.25) is 11.0 Å². The van der Waals surface area contributed by atoms with Gasteiger partial charge in [0.05, 0.1) is 6.61 Å². The second-order valence-corrected chi connectivity index (χ2v) is 7.63. The van der Waals surface area contributed by atoms with Gasteiger partial charge < -0.3 is 10.1 Å². The quantitative estimate of drug-likeness (QED) is 0.905. The van der Waals surface area contributed by atoms with Crippen LogP contribution in [-0.2, 0) is 11.2 Å². The van der Waals surface area contributed by atoms with Crippen LogP contribution in [0.4, 0.5) is 5.13 Å². The molecule has 5 nitrogen and oxygen atoms in total. The maximum absolute atomic E-state index is 11.9. The number of aryl methyl sites for hydroxylation is 2. The van der Waals surface area contributed by atoms with Crippen molar-refractivity contribution >= 4 is 22.4 Å². The highest BCUT2D eigenvalue weighted by atomic mass is 32.1. The predicted molar refractivity (Wildman–Crippen MR) is 93.1 cm³/mol. The van der Waals surface area contributed by atoms with E-state index in [0.717, 1.165) is 16.3 Å². The van der Waals surface area contributed by atoms with Crippen molar-refractivity contribution < 1.29 is 9.53 Å². The first-order valence-electron chi connectivity index (χ1n) is 7.59. The molecule has 0 unspecified atom stereocenters. The standard InChI is InChI=1S/C17H23N3O2S/c1-11-6-7-12(2)13(10-11)22-9-8-14-19-20-16(23-14)18-15(21)17(3,4)5/h6-7,10H,8-9H2,1-5H3,(H,18,20,21).